The maximum absolute atomic E-state index is 11.9. The fourth-order valence-corrected chi connectivity index (χ4v) is 2.60. The van der Waals surface area contributed by atoms with Gasteiger partial charge in [-0.25, -0.2) is 0 Å². The molecule has 19 heavy (non-hydrogen) atoms. The maximum atomic E-state index is 11.9. The van der Waals surface area contributed by atoms with Crippen molar-refractivity contribution in [3.63, 3.8) is 0 Å². The van der Waals surface area contributed by atoms with Crippen LogP contribution in [0.25, 0.3) is 0 Å². The smallest absolute Gasteiger partial charge is 0.236 e. The normalized spacial score (nSPS) is 17.2. The zero-order valence-electron chi connectivity index (χ0n) is 11.3. The van der Waals surface area contributed by atoms with Crippen molar-refractivity contribution in [3.05, 3.63) is 24.3 Å². The number of methoxy groups -OCH3 is 1. The first-order valence-electron chi connectivity index (χ1n) is 6.44. The van der Waals surface area contributed by atoms with Gasteiger partial charge in [0, 0.05) is 26.2 Å². The highest BCUT2D eigenvalue weighted by atomic mass is 79.9. The first kappa shape index (κ1) is 14.2. The summed E-state index contributed by atoms with van der Waals surface area (Å²) in [6.45, 7) is 5.06. The predicted octanol–water partition coefficient (Wildman–Crippen LogP) is 2.13. The molecule has 1 aliphatic rings. The van der Waals surface area contributed by atoms with Gasteiger partial charge in [-0.1, -0.05) is 28.1 Å². The summed E-state index contributed by atoms with van der Waals surface area (Å²) >= 11 is 3.33. The van der Waals surface area contributed by atoms with Crippen LogP contribution >= 0.6 is 15.9 Å². The third-order valence-corrected chi connectivity index (χ3v) is 3.75. The van der Waals surface area contributed by atoms with Crippen molar-refractivity contribution in [2.24, 2.45) is 0 Å². The van der Waals surface area contributed by atoms with Crippen LogP contribution in [0.4, 0.5) is 5.69 Å². The molecule has 1 aromatic rings. The first-order chi connectivity index (χ1) is 9.13. The van der Waals surface area contributed by atoms with Crippen LogP contribution in [-0.2, 0) is 4.79 Å². The lowest BCUT2D eigenvalue weighted by Gasteiger charge is -2.37. The molecule has 0 N–H and O–H groups in total. The molecule has 1 aromatic carbocycles. The summed E-state index contributed by atoms with van der Waals surface area (Å²) in [6.07, 6.45) is 0. The molecule has 1 atom stereocenters. The van der Waals surface area contributed by atoms with Gasteiger partial charge in [0.05, 0.1) is 17.6 Å². The molecule has 0 aliphatic carbocycles. The van der Waals surface area contributed by atoms with Crippen LogP contribution in [0.1, 0.15) is 6.92 Å². The number of halogens is 1. The van der Waals surface area contributed by atoms with E-state index in [2.05, 4.69) is 26.9 Å². The Hall–Kier alpha value is -1.23. The van der Waals surface area contributed by atoms with Crippen LogP contribution < -0.4 is 9.64 Å². The minimum absolute atomic E-state index is 0.106. The van der Waals surface area contributed by atoms with Gasteiger partial charge in [-0.15, -0.1) is 0 Å². The molecule has 0 aromatic heterocycles. The van der Waals surface area contributed by atoms with E-state index < -0.39 is 0 Å². The van der Waals surface area contributed by atoms with Crippen LogP contribution in [0, 0.1) is 0 Å². The van der Waals surface area contributed by atoms with Gasteiger partial charge in [0.1, 0.15) is 5.75 Å². The topological polar surface area (TPSA) is 32.8 Å². The second-order valence-electron chi connectivity index (χ2n) is 4.60. The highest BCUT2D eigenvalue weighted by Gasteiger charge is 2.24. The van der Waals surface area contributed by atoms with E-state index in [0.717, 1.165) is 37.6 Å². The monoisotopic (exact) mass is 326 g/mol. The van der Waals surface area contributed by atoms with E-state index in [0.29, 0.717) is 0 Å². The minimum atomic E-state index is -0.106. The van der Waals surface area contributed by atoms with E-state index in [1.54, 1.807) is 7.11 Å². The molecule has 5 heteroatoms. The van der Waals surface area contributed by atoms with Crippen molar-refractivity contribution in [1.29, 1.82) is 0 Å². The van der Waals surface area contributed by atoms with Gasteiger partial charge >= 0.3 is 0 Å². The Labute approximate surface area is 122 Å². The number of hydrogen-bond donors (Lipinski definition) is 0. The number of nitrogens with zero attached hydrogens (tertiary/aromatic N) is 2. The van der Waals surface area contributed by atoms with Crippen LogP contribution in [0.3, 0.4) is 0 Å². The molecule has 0 spiro atoms. The number of piperazine rings is 1. The molecule has 4 nitrogen and oxygen atoms in total. The summed E-state index contributed by atoms with van der Waals surface area (Å²) in [7, 11) is 1.69. The molecular formula is C14H19BrN2O2. The summed E-state index contributed by atoms with van der Waals surface area (Å²) in [6, 6.07) is 8.00. The number of amides is 1. The van der Waals surface area contributed by atoms with Crippen LogP contribution in [0.15, 0.2) is 24.3 Å². The average molecular weight is 327 g/mol. The summed E-state index contributed by atoms with van der Waals surface area (Å²) in [5, 5.41) is 0. The lowest BCUT2D eigenvalue weighted by molar-refractivity contribution is -0.130. The number of hydrogen-bond acceptors (Lipinski definition) is 3. The number of alkyl halides is 1. The standard InChI is InChI=1S/C14H19BrN2O2/c1-11(15)14(18)17-9-7-16(8-10-17)12-5-3-4-6-13(12)19-2/h3-6,11H,7-10H2,1-2H3. The van der Waals surface area contributed by atoms with Crippen molar-refractivity contribution in [2.75, 3.05) is 38.2 Å². The quantitative estimate of drug-likeness (QED) is 0.798. The highest BCUT2D eigenvalue weighted by molar-refractivity contribution is 9.10. The van der Waals surface area contributed by atoms with E-state index in [-0.39, 0.29) is 10.7 Å². The van der Waals surface area contributed by atoms with Gasteiger partial charge in [0.25, 0.3) is 0 Å². The van der Waals surface area contributed by atoms with Crippen molar-refractivity contribution in [2.45, 2.75) is 11.8 Å². The number of ether oxygens (including phenoxy) is 1. The highest BCUT2D eigenvalue weighted by Crippen LogP contribution is 2.28. The molecule has 1 amide bonds. The number of rotatable bonds is 3. The Kier molecular flexibility index (Phi) is 4.69. The van der Waals surface area contributed by atoms with Gasteiger partial charge in [0.15, 0.2) is 0 Å². The predicted molar refractivity (Wildman–Crippen MR) is 80.2 cm³/mol. The van der Waals surface area contributed by atoms with Crippen molar-refractivity contribution < 1.29 is 9.53 Å². The summed E-state index contributed by atoms with van der Waals surface area (Å²) in [5.41, 5.74) is 1.10. The lowest BCUT2D eigenvalue weighted by atomic mass is 10.2. The molecule has 1 heterocycles. The van der Waals surface area contributed by atoms with Gasteiger partial charge < -0.3 is 14.5 Å². The molecular weight excluding hydrogens is 308 g/mol. The lowest BCUT2D eigenvalue weighted by Crippen LogP contribution is -2.50. The molecule has 2 rings (SSSR count). The molecule has 1 aliphatic heterocycles. The van der Waals surface area contributed by atoms with Gasteiger partial charge in [-0.05, 0) is 19.1 Å². The van der Waals surface area contributed by atoms with E-state index in [1.807, 2.05) is 30.0 Å². The Morgan fingerprint density at radius 2 is 1.89 bits per heavy atom. The van der Waals surface area contributed by atoms with E-state index in [9.17, 15) is 4.79 Å². The third-order valence-electron chi connectivity index (χ3n) is 3.36. The molecule has 0 radical (unpaired) electrons. The van der Waals surface area contributed by atoms with Crippen LogP contribution in [-0.4, -0.2) is 48.9 Å². The van der Waals surface area contributed by atoms with Crippen molar-refractivity contribution in [3.8, 4) is 5.75 Å². The summed E-state index contributed by atoms with van der Waals surface area (Å²) < 4.78 is 5.38. The molecule has 0 bridgehead atoms. The summed E-state index contributed by atoms with van der Waals surface area (Å²) in [4.78, 5) is 16.0. The third kappa shape index (κ3) is 3.21. The Balaban J connectivity index is 2.02. The Morgan fingerprint density at radius 3 is 2.47 bits per heavy atom. The zero-order valence-corrected chi connectivity index (χ0v) is 12.9. The number of benzene rings is 1. The average Bonchev–Trinajstić information content (AvgIpc) is 2.46. The number of carbonyl (C=O) groups is 1. The fourth-order valence-electron chi connectivity index (χ4n) is 2.31. The maximum Gasteiger partial charge on any atom is 0.236 e. The molecule has 1 fully saturated rings. The van der Waals surface area contributed by atoms with E-state index >= 15 is 0 Å². The number of para-hydroxylation sites is 2. The molecule has 1 saturated heterocycles. The zero-order chi connectivity index (χ0) is 13.8. The van der Waals surface area contributed by atoms with Gasteiger partial charge in [-0.2, -0.15) is 0 Å². The van der Waals surface area contributed by atoms with E-state index in [4.69, 9.17) is 4.74 Å². The summed E-state index contributed by atoms with van der Waals surface area (Å²) in [5.74, 6) is 1.05. The van der Waals surface area contributed by atoms with Gasteiger partial charge in [-0.3, -0.25) is 4.79 Å². The number of anilines is 1. The Morgan fingerprint density at radius 1 is 1.26 bits per heavy atom. The van der Waals surface area contributed by atoms with E-state index in [1.165, 1.54) is 0 Å². The molecule has 104 valence electrons. The molecule has 0 saturated carbocycles. The van der Waals surface area contributed by atoms with Crippen molar-refractivity contribution in [1.82, 2.24) is 4.90 Å². The Bertz CT molecular complexity index is 443. The molecule has 1 unspecified atom stereocenters. The van der Waals surface area contributed by atoms with Gasteiger partial charge in [0.2, 0.25) is 5.91 Å². The minimum Gasteiger partial charge on any atom is -0.495 e. The largest absolute Gasteiger partial charge is 0.495 e. The number of carbonyl (C=O) groups excluding carboxylic acids is 1. The second-order valence-corrected chi connectivity index (χ2v) is 5.97. The fraction of sp³-hybridized carbons (Fsp3) is 0.500. The second kappa shape index (κ2) is 6.28. The van der Waals surface area contributed by atoms with Crippen LogP contribution in [0.5, 0.6) is 5.75 Å². The van der Waals surface area contributed by atoms with Crippen LogP contribution in [0.2, 0.25) is 0 Å². The SMILES string of the molecule is COc1ccccc1N1CCN(C(=O)C(C)Br)CC1. The van der Waals surface area contributed by atoms with Crippen molar-refractivity contribution >= 4 is 27.5 Å². The first-order valence-corrected chi connectivity index (χ1v) is 7.36.